The van der Waals surface area contributed by atoms with E-state index in [0.29, 0.717) is 32.0 Å². The number of nitrogens with one attached hydrogen (secondary N) is 1. The standard InChI is InChI=1S/C18H29NO4/c1-5-7-10-22-13-16-11-15(8-9-17(16)23-6-2)18(20)19-14(3)12-21-4/h8-9,11,14H,5-7,10,12-13H2,1-4H3,(H,19,20). The Morgan fingerprint density at radius 1 is 1.30 bits per heavy atom. The van der Waals surface area contributed by atoms with E-state index >= 15 is 0 Å². The minimum absolute atomic E-state index is 0.0386. The number of carbonyl (C=O) groups excluding carboxylic acids is 1. The molecular formula is C18H29NO4. The minimum Gasteiger partial charge on any atom is -0.494 e. The molecular weight excluding hydrogens is 294 g/mol. The fraction of sp³-hybridized carbons (Fsp3) is 0.611. The van der Waals surface area contributed by atoms with Crippen LogP contribution in [0.25, 0.3) is 0 Å². The van der Waals surface area contributed by atoms with Gasteiger partial charge in [-0.25, -0.2) is 0 Å². The highest BCUT2D eigenvalue weighted by Gasteiger charge is 2.13. The molecule has 0 heterocycles. The molecule has 23 heavy (non-hydrogen) atoms. The number of unbranched alkanes of at least 4 members (excludes halogenated alkanes) is 1. The van der Waals surface area contributed by atoms with Crippen LogP contribution in [0.3, 0.4) is 0 Å². The van der Waals surface area contributed by atoms with E-state index in [4.69, 9.17) is 14.2 Å². The third kappa shape index (κ3) is 7.01. The average molecular weight is 323 g/mol. The van der Waals surface area contributed by atoms with E-state index < -0.39 is 0 Å². The van der Waals surface area contributed by atoms with Gasteiger partial charge in [0.1, 0.15) is 5.75 Å². The van der Waals surface area contributed by atoms with Crippen LogP contribution in [0.4, 0.5) is 0 Å². The molecule has 0 aliphatic rings. The number of carbonyl (C=O) groups is 1. The Labute approximate surface area is 139 Å². The van der Waals surface area contributed by atoms with Gasteiger partial charge in [0, 0.05) is 30.9 Å². The van der Waals surface area contributed by atoms with Crippen molar-refractivity contribution < 1.29 is 19.0 Å². The van der Waals surface area contributed by atoms with Crippen LogP contribution in [-0.4, -0.2) is 38.9 Å². The highest BCUT2D eigenvalue weighted by molar-refractivity contribution is 5.94. The Kier molecular flexibility index (Phi) is 9.33. The largest absolute Gasteiger partial charge is 0.494 e. The Hall–Kier alpha value is -1.59. The molecule has 0 saturated heterocycles. The second kappa shape index (κ2) is 11.0. The quantitative estimate of drug-likeness (QED) is 0.636. The van der Waals surface area contributed by atoms with Gasteiger partial charge >= 0.3 is 0 Å². The predicted octanol–water partition coefficient (Wildman–Crippen LogP) is 3.17. The van der Waals surface area contributed by atoms with Gasteiger partial charge in [-0.05, 0) is 38.5 Å². The fourth-order valence-corrected chi connectivity index (χ4v) is 2.16. The molecule has 0 radical (unpaired) electrons. The summed E-state index contributed by atoms with van der Waals surface area (Å²) in [7, 11) is 1.62. The number of hydrogen-bond donors (Lipinski definition) is 1. The molecule has 1 aromatic rings. The van der Waals surface area contributed by atoms with Gasteiger partial charge < -0.3 is 19.5 Å². The highest BCUT2D eigenvalue weighted by atomic mass is 16.5. The molecule has 130 valence electrons. The fourth-order valence-electron chi connectivity index (χ4n) is 2.16. The van der Waals surface area contributed by atoms with Gasteiger partial charge in [-0.3, -0.25) is 4.79 Å². The third-order valence-corrected chi connectivity index (χ3v) is 3.32. The Morgan fingerprint density at radius 3 is 2.74 bits per heavy atom. The number of methoxy groups -OCH3 is 1. The van der Waals surface area contributed by atoms with Crippen LogP contribution in [0, 0.1) is 0 Å². The highest BCUT2D eigenvalue weighted by Crippen LogP contribution is 2.21. The second-order valence-corrected chi connectivity index (χ2v) is 5.49. The first-order valence-corrected chi connectivity index (χ1v) is 8.25. The first-order chi connectivity index (χ1) is 11.1. The smallest absolute Gasteiger partial charge is 0.251 e. The minimum atomic E-state index is -0.118. The van der Waals surface area contributed by atoms with Crippen molar-refractivity contribution in [2.24, 2.45) is 0 Å². The van der Waals surface area contributed by atoms with Gasteiger partial charge in [0.25, 0.3) is 5.91 Å². The molecule has 0 spiro atoms. The van der Waals surface area contributed by atoms with Gasteiger partial charge in [0.05, 0.1) is 19.8 Å². The summed E-state index contributed by atoms with van der Waals surface area (Å²) in [4.78, 5) is 12.3. The van der Waals surface area contributed by atoms with Crippen molar-refractivity contribution in [2.75, 3.05) is 26.9 Å². The molecule has 1 amide bonds. The molecule has 0 fully saturated rings. The zero-order chi connectivity index (χ0) is 17.1. The van der Waals surface area contributed by atoms with Crippen molar-refractivity contribution in [3.63, 3.8) is 0 Å². The van der Waals surface area contributed by atoms with Gasteiger partial charge in [-0.15, -0.1) is 0 Å². The number of rotatable bonds is 11. The third-order valence-electron chi connectivity index (χ3n) is 3.32. The van der Waals surface area contributed by atoms with Crippen molar-refractivity contribution in [2.45, 2.75) is 46.3 Å². The Balaban J connectivity index is 2.78. The molecule has 0 aromatic heterocycles. The summed E-state index contributed by atoms with van der Waals surface area (Å²) in [6.45, 7) is 8.20. The topological polar surface area (TPSA) is 56.8 Å². The van der Waals surface area contributed by atoms with E-state index in [0.717, 1.165) is 24.2 Å². The Bertz CT molecular complexity index is 476. The van der Waals surface area contributed by atoms with Crippen molar-refractivity contribution in [1.82, 2.24) is 5.32 Å². The van der Waals surface area contributed by atoms with E-state index in [1.165, 1.54) is 0 Å². The number of benzene rings is 1. The SMILES string of the molecule is CCCCOCc1cc(C(=O)NC(C)COC)ccc1OCC. The zero-order valence-electron chi connectivity index (χ0n) is 14.7. The summed E-state index contributed by atoms with van der Waals surface area (Å²) in [5.74, 6) is 0.651. The molecule has 0 bridgehead atoms. The van der Waals surface area contributed by atoms with Gasteiger partial charge in [0.15, 0.2) is 0 Å². The molecule has 5 heteroatoms. The molecule has 0 aliphatic carbocycles. The normalized spacial score (nSPS) is 12.0. The van der Waals surface area contributed by atoms with Crippen LogP contribution >= 0.6 is 0 Å². The van der Waals surface area contributed by atoms with E-state index in [1.807, 2.05) is 26.0 Å². The van der Waals surface area contributed by atoms with E-state index in [1.54, 1.807) is 13.2 Å². The molecule has 1 N–H and O–H groups in total. The maximum absolute atomic E-state index is 12.3. The summed E-state index contributed by atoms with van der Waals surface area (Å²) in [5.41, 5.74) is 1.50. The van der Waals surface area contributed by atoms with Crippen LogP contribution < -0.4 is 10.1 Å². The summed E-state index contributed by atoms with van der Waals surface area (Å²) >= 11 is 0. The molecule has 0 aliphatic heterocycles. The number of ether oxygens (including phenoxy) is 3. The molecule has 1 aromatic carbocycles. The lowest BCUT2D eigenvalue weighted by atomic mass is 10.1. The number of amides is 1. The zero-order valence-corrected chi connectivity index (χ0v) is 14.7. The summed E-state index contributed by atoms with van der Waals surface area (Å²) in [5, 5.41) is 2.91. The molecule has 5 nitrogen and oxygen atoms in total. The first kappa shape index (κ1) is 19.5. The first-order valence-electron chi connectivity index (χ1n) is 8.25. The summed E-state index contributed by atoms with van der Waals surface area (Å²) < 4.78 is 16.3. The van der Waals surface area contributed by atoms with Gasteiger partial charge in [-0.1, -0.05) is 13.3 Å². The maximum atomic E-state index is 12.3. The second-order valence-electron chi connectivity index (χ2n) is 5.49. The van der Waals surface area contributed by atoms with Crippen LogP contribution in [0.5, 0.6) is 5.75 Å². The number of hydrogen-bond acceptors (Lipinski definition) is 4. The molecule has 1 rings (SSSR count). The van der Waals surface area contributed by atoms with E-state index in [-0.39, 0.29) is 11.9 Å². The van der Waals surface area contributed by atoms with Crippen molar-refractivity contribution >= 4 is 5.91 Å². The van der Waals surface area contributed by atoms with Crippen molar-refractivity contribution in [3.8, 4) is 5.75 Å². The lowest BCUT2D eigenvalue weighted by Gasteiger charge is -2.15. The van der Waals surface area contributed by atoms with Crippen LogP contribution in [-0.2, 0) is 16.1 Å². The van der Waals surface area contributed by atoms with E-state index in [9.17, 15) is 4.79 Å². The lowest BCUT2D eigenvalue weighted by Crippen LogP contribution is -2.35. The monoisotopic (exact) mass is 323 g/mol. The summed E-state index contributed by atoms with van der Waals surface area (Å²) in [6, 6.07) is 5.40. The summed E-state index contributed by atoms with van der Waals surface area (Å²) in [6.07, 6.45) is 2.12. The average Bonchev–Trinajstić information content (AvgIpc) is 2.53. The van der Waals surface area contributed by atoms with Crippen molar-refractivity contribution in [1.29, 1.82) is 0 Å². The lowest BCUT2D eigenvalue weighted by molar-refractivity contribution is 0.0904. The van der Waals surface area contributed by atoms with Gasteiger partial charge in [0.2, 0.25) is 0 Å². The Morgan fingerprint density at radius 2 is 2.09 bits per heavy atom. The van der Waals surface area contributed by atoms with Crippen molar-refractivity contribution in [3.05, 3.63) is 29.3 Å². The predicted molar refractivity (Wildman–Crippen MR) is 91.0 cm³/mol. The maximum Gasteiger partial charge on any atom is 0.251 e. The van der Waals surface area contributed by atoms with Gasteiger partial charge in [-0.2, -0.15) is 0 Å². The molecule has 1 atom stereocenters. The molecule has 0 saturated carbocycles. The molecule has 1 unspecified atom stereocenters. The van der Waals surface area contributed by atoms with E-state index in [2.05, 4.69) is 12.2 Å². The van der Waals surface area contributed by atoms with Crippen LogP contribution in [0.15, 0.2) is 18.2 Å². The van der Waals surface area contributed by atoms with Crippen LogP contribution in [0.2, 0.25) is 0 Å². The van der Waals surface area contributed by atoms with Crippen LogP contribution in [0.1, 0.15) is 49.5 Å².